The third kappa shape index (κ3) is 3.71. The Morgan fingerprint density at radius 3 is 2.09 bits per heavy atom. The Balaban J connectivity index is 1.80. The van der Waals surface area contributed by atoms with Gasteiger partial charge in [0.1, 0.15) is 0 Å². The maximum atomic E-state index is 13.7. The quantitative estimate of drug-likeness (QED) is 0.342. The zero-order valence-electron chi connectivity index (χ0n) is 18.5. The minimum atomic E-state index is -1.59. The van der Waals surface area contributed by atoms with Crippen LogP contribution in [0.1, 0.15) is 16.7 Å². The van der Waals surface area contributed by atoms with E-state index in [2.05, 4.69) is 0 Å². The van der Waals surface area contributed by atoms with Crippen molar-refractivity contribution in [2.45, 2.75) is 12.1 Å². The maximum absolute atomic E-state index is 13.7. The molecule has 1 amide bonds. The zero-order valence-corrected chi connectivity index (χ0v) is 20.8. The molecule has 4 nitrogen and oxygen atoms in total. The lowest BCUT2D eigenvalue weighted by atomic mass is 9.87. The molecule has 34 heavy (non-hydrogen) atoms. The van der Waals surface area contributed by atoms with Gasteiger partial charge in [-0.3, -0.25) is 4.79 Å². The van der Waals surface area contributed by atoms with Crippen LogP contribution in [0.5, 0.6) is 0 Å². The molecule has 7 heteroatoms. The Kier molecular flexibility index (Phi) is 5.73. The number of rotatable bonds is 4. The predicted octanol–water partition coefficient (Wildman–Crippen LogP) is 6.45. The average Bonchev–Trinajstić information content (AvgIpc) is 3.22. The van der Waals surface area contributed by atoms with Crippen LogP contribution < -0.4 is 0 Å². The van der Waals surface area contributed by atoms with Gasteiger partial charge in [-0.25, -0.2) is 0 Å². The number of carbonyl (C=O) groups excluding carboxylic acids is 1. The lowest BCUT2D eigenvalue weighted by Crippen LogP contribution is -2.47. The molecule has 0 bridgehead atoms. The van der Waals surface area contributed by atoms with Crippen molar-refractivity contribution in [3.8, 4) is 0 Å². The first-order valence-corrected chi connectivity index (χ1v) is 11.8. The van der Waals surface area contributed by atoms with Gasteiger partial charge in [-0.05, 0) is 47.5 Å². The SMILES string of the molecule is CN1C(=O)C(c2ccc(Cl)cc2)=C(c2cn(C)c3cc(Cl)ccc23)C1(O)Cc1ccc(Cl)cc1. The molecule has 5 rings (SSSR count). The molecule has 1 atom stereocenters. The van der Waals surface area contributed by atoms with Gasteiger partial charge in [0.15, 0.2) is 5.72 Å². The number of likely N-dealkylation sites (N-methyl/N-ethyl adjacent to an activating group) is 1. The molecule has 0 fully saturated rings. The first-order valence-electron chi connectivity index (χ1n) is 10.7. The number of benzene rings is 3. The van der Waals surface area contributed by atoms with Gasteiger partial charge < -0.3 is 14.6 Å². The van der Waals surface area contributed by atoms with Crippen molar-refractivity contribution in [3.63, 3.8) is 0 Å². The molecule has 1 N–H and O–H groups in total. The summed E-state index contributed by atoms with van der Waals surface area (Å²) in [6.07, 6.45) is 2.13. The van der Waals surface area contributed by atoms with Gasteiger partial charge >= 0.3 is 0 Å². The summed E-state index contributed by atoms with van der Waals surface area (Å²) >= 11 is 18.5. The highest BCUT2D eigenvalue weighted by Crippen LogP contribution is 2.47. The standard InChI is InChI=1S/C27H21Cl3N2O2/c1-31-15-22(21-12-11-20(30)13-23(21)31)25-24(17-5-9-19(29)10-6-17)26(33)32(2)27(25,34)14-16-3-7-18(28)8-4-16/h3-13,15,34H,14H2,1-2H3. The summed E-state index contributed by atoms with van der Waals surface area (Å²) in [5.41, 5.74) is 2.62. The number of hydrogen-bond acceptors (Lipinski definition) is 2. The van der Waals surface area contributed by atoms with Gasteiger partial charge in [0, 0.05) is 63.8 Å². The topological polar surface area (TPSA) is 45.5 Å². The summed E-state index contributed by atoms with van der Waals surface area (Å²) in [6.45, 7) is 0. The number of aliphatic hydroxyl groups is 1. The van der Waals surface area contributed by atoms with E-state index in [1.165, 1.54) is 4.90 Å². The van der Waals surface area contributed by atoms with Crippen LogP contribution in [0.15, 0.2) is 72.9 Å². The lowest BCUT2D eigenvalue weighted by Gasteiger charge is -2.34. The third-order valence-corrected chi connectivity index (χ3v) is 7.18. The largest absolute Gasteiger partial charge is 0.366 e. The molecule has 0 spiro atoms. The first kappa shape index (κ1) is 23.0. The highest BCUT2D eigenvalue weighted by atomic mass is 35.5. The minimum absolute atomic E-state index is 0.197. The molecular formula is C27H21Cl3N2O2. The van der Waals surface area contributed by atoms with E-state index in [9.17, 15) is 9.90 Å². The number of aromatic nitrogens is 1. The summed E-state index contributed by atoms with van der Waals surface area (Å²) in [7, 11) is 3.55. The average molecular weight is 512 g/mol. The number of aryl methyl sites for hydroxylation is 1. The fourth-order valence-corrected chi connectivity index (χ4v) is 5.11. The van der Waals surface area contributed by atoms with E-state index >= 15 is 0 Å². The third-order valence-electron chi connectivity index (χ3n) is 6.44. The summed E-state index contributed by atoms with van der Waals surface area (Å²) in [4.78, 5) is 15.1. The second kappa shape index (κ2) is 8.47. The lowest BCUT2D eigenvalue weighted by molar-refractivity contribution is -0.136. The van der Waals surface area contributed by atoms with Crippen LogP contribution in [0.2, 0.25) is 15.1 Å². The Bertz CT molecular complexity index is 1460. The van der Waals surface area contributed by atoms with Crippen molar-refractivity contribution in [2.24, 2.45) is 7.05 Å². The number of carbonyl (C=O) groups is 1. The van der Waals surface area contributed by atoms with E-state index in [-0.39, 0.29) is 12.3 Å². The monoisotopic (exact) mass is 510 g/mol. The van der Waals surface area contributed by atoms with Gasteiger partial charge in [-0.2, -0.15) is 0 Å². The van der Waals surface area contributed by atoms with Crippen LogP contribution in [0.4, 0.5) is 0 Å². The summed E-state index contributed by atoms with van der Waals surface area (Å²) in [5.74, 6) is -0.264. The van der Waals surface area contributed by atoms with Gasteiger partial charge in [0.2, 0.25) is 0 Å². The Morgan fingerprint density at radius 2 is 1.44 bits per heavy atom. The molecule has 0 saturated carbocycles. The highest BCUT2D eigenvalue weighted by molar-refractivity contribution is 6.34. The first-order chi connectivity index (χ1) is 16.2. The van der Waals surface area contributed by atoms with Gasteiger partial charge in [0.25, 0.3) is 5.91 Å². The van der Waals surface area contributed by atoms with Crippen LogP contribution in [0, 0.1) is 0 Å². The Hall–Kier alpha value is -2.76. The molecule has 1 unspecified atom stereocenters. The fraction of sp³-hybridized carbons (Fsp3) is 0.148. The second-order valence-corrected chi connectivity index (χ2v) is 9.87. The minimum Gasteiger partial charge on any atom is -0.366 e. The van der Waals surface area contributed by atoms with E-state index in [1.54, 1.807) is 43.4 Å². The van der Waals surface area contributed by atoms with Crippen molar-refractivity contribution in [2.75, 3.05) is 7.05 Å². The van der Waals surface area contributed by atoms with Crippen LogP contribution in [-0.2, 0) is 18.3 Å². The molecule has 0 aliphatic carbocycles. The highest BCUT2D eigenvalue weighted by Gasteiger charge is 2.50. The Labute approximate surface area is 212 Å². The number of halogens is 3. The molecule has 172 valence electrons. The Morgan fingerprint density at radius 1 is 0.853 bits per heavy atom. The smallest absolute Gasteiger partial charge is 0.257 e. The molecule has 2 heterocycles. The van der Waals surface area contributed by atoms with Crippen LogP contribution in [0.25, 0.3) is 22.0 Å². The van der Waals surface area contributed by atoms with E-state index in [0.29, 0.717) is 31.8 Å². The van der Waals surface area contributed by atoms with Gasteiger partial charge in [-0.1, -0.05) is 65.1 Å². The molecule has 0 saturated heterocycles. The van der Waals surface area contributed by atoms with E-state index in [1.807, 2.05) is 48.1 Å². The molecule has 1 aliphatic rings. The zero-order chi connectivity index (χ0) is 24.2. The van der Waals surface area contributed by atoms with Crippen molar-refractivity contribution in [1.29, 1.82) is 0 Å². The number of amides is 1. The van der Waals surface area contributed by atoms with E-state index in [0.717, 1.165) is 22.0 Å². The van der Waals surface area contributed by atoms with Crippen molar-refractivity contribution in [3.05, 3.63) is 105 Å². The van der Waals surface area contributed by atoms with Crippen molar-refractivity contribution in [1.82, 2.24) is 9.47 Å². The van der Waals surface area contributed by atoms with Crippen molar-refractivity contribution >= 4 is 62.8 Å². The summed E-state index contributed by atoms with van der Waals surface area (Å²) in [6, 6.07) is 20.0. The predicted molar refractivity (Wildman–Crippen MR) is 139 cm³/mol. The molecule has 1 aromatic heterocycles. The van der Waals surface area contributed by atoms with Crippen LogP contribution in [0.3, 0.4) is 0 Å². The molecule has 3 aromatic carbocycles. The van der Waals surface area contributed by atoms with Crippen LogP contribution >= 0.6 is 34.8 Å². The molecule has 0 radical (unpaired) electrons. The fourth-order valence-electron chi connectivity index (χ4n) is 4.70. The number of hydrogen-bond donors (Lipinski definition) is 1. The van der Waals surface area contributed by atoms with Gasteiger partial charge in [0.05, 0.1) is 5.57 Å². The second-order valence-electron chi connectivity index (χ2n) is 8.56. The normalized spacial score (nSPS) is 18.4. The van der Waals surface area contributed by atoms with Gasteiger partial charge in [-0.15, -0.1) is 0 Å². The van der Waals surface area contributed by atoms with E-state index < -0.39 is 5.72 Å². The summed E-state index contributed by atoms with van der Waals surface area (Å²) < 4.78 is 1.95. The maximum Gasteiger partial charge on any atom is 0.257 e. The summed E-state index contributed by atoms with van der Waals surface area (Å²) in [5, 5.41) is 14.9. The molecular weight excluding hydrogens is 491 g/mol. The number of fused-ring (bicyclic) bond motifs is 1. The van der Waals surface area contributed by atoms with Crippen LogP contribution in [-0.4, -0.2) is 33.3 Å². The molecule has 1 aliphatic heterocycles. The van der Waals surface area contributed by atoms with E-state index in [4.69, 9.17) is 34.8 Å². The molecule has 4 aromatic rings. The van der Waals surface area contributed by atoms with Crippen molar-refractivity contribution < 1.29 is 9.90 Å². The number of nitrogens with zero attached hydrogens (tertiary/aromatic N) is 2.